The lowest BCUT2D eigenvalue weighted by Crippen LogP contribution is -1.96. The molecule has 2 nitrogen and oxygen atoms in total. The summed E-state index contributed by atoms with van der Waals surface area (Å²) in [7, 11) is 0. The van der Waals surface area contributed by atoms with E-state index in [0.717, 1.165) is 40.7 Å². The second-order valence-electron chi connectivity index (χ2n) is 7.66. The number of halogens is 1. The van der Waals surface area contributed by atoms with Gasteiger partial charge < -0.3 is 4.74 Å². The first kappa shape index (κ1) is 20.6. The fourth-order valence-electron chi connectivity index (χ4n) is 3.70. The van der Waals surface area contributed by atoms with Gasteiger partial charge in [-0.1, -0.05) is 55.5 Å². The summed E-state index contributed by atoms with van der Waals surface area (Å²) in [5, 5.41) is 10.4. The maximum atomic E-state index is 15.1. The SMILES string of the molecule is CCCOc1ccc(-c2ccc3c(F)c(CCc4ccc(C#N)cc4)ccc3c2)cc1. The number of nitrogens with zero attached hydrogens (tertiary/aromatic N) is 1. The minimum atomic E-state index is -0.152. The number of nitriles is 1. The number of rotatable bonds is 7. The first-order chi connectivity index (χ1) is 15.2. The zero-order valence-electron chi connectivity index (χ0n) is 17.6. The van der Waals surface area contributed by atoms with Crippen LogP contribution in [0.2, 0.25) is 0 Å². The number of aryl methyl sites for hydroxylation is 2. The van der Waals surface area contributed by atoms with Gasteiger partial charge in [0.1, 0.15) is 11.6 Å². The van der Waals surface area contributed by atoms with Crippen molar-refractivity contribution < 1.29 is 9.13 Å². The lowest BCUT2D eigenvalue weighted by molar-refractivity contribution is 0.317. The number of benzene rings is 4. The topological polar surface area (TPSA) is 33.0 Å². The molecule has 0 bridgehead atoms. The van der Waals surface area contributed by atoms with Crippen LogP contribution in [0.25, 0.3) is 21.9 Å². The lowest BCUT2D eigenvalue weighted by Gasteiger charge is -2.10. The van der Waals surface area contributed by atoms with E-state index in [1.54, 1.807) is 12.1 Å². The number of hydrogen-bond acceptors (Lipinski definition) is 2. The van der Waals surface area contributed by atoms with Crippen molar-refractivity contribution in [3.05, 3.63) is 101 Å². The van der Waals surface area contributed by atoms with Gasteiger partial charge in [-0.05, 0) is 77.2 Å². The quantitative estimate of drug-likeness (QED) is 0.326. The van der Waals surface area contributed by atoms with Crippen molar-refractivity contribution in [2.24, 2.45) is 0 Å². The van der Waals surface area contributed by atoms with Gasteiger partial charge in [0.05, 0.1) is 18.2 Å². The van der Waals surface area contributed by atoms with E-state index < -0.39 is 0 Å². The van der Waals surface area contributed by atoms with E-state index in [4.69, 9.17) is 10.00 Å². The molecule has 0 aromatic heterocycles. The summed E-state index contributed by atoms with van der Waals surface area (Å²) >= 11 is 0. The van der Waals surface area contributed by atoms with E-state index in [1.165, 1.54) is 0 Å². The molecule has 4 aromatic carbocycles. The van der Waals surface area contributed by atoms with Gasteiger partial charge >= 0.3 is 0 Å². The highest BCUT2D eigenvalue weighted by molar-refractivity contribution is 5.88. The third-order valence-corrected chi connectivity index (χ3v) is 5.46. The molecule has 0 aliphatic heterocycles. The normalized spacial score (nSPS) is 10.7. The maximum Gasteiger partial charge on any atom is 0.134 e. The number of ether oxygens (including phenoxy) is 1. The van der Waals surface area contributed by atoms with Crippen LogP contribution in [0.15, 0.2) is 78.9 Å². The van der Waals surface area contributed by atoms with Crippen molar-refractivity contribution in [2.75, 3.05) is 6.61 Å². The van der Waals surface area contributed by atoms with E-state index in [-0.39, 0.29) is 5.82 Å². The van der Waals surface area contributed by atoms with Crippen LogP contribution in [0.5, 0.6) is 5.75 Å². The van der Waals surface area contributed by atoms with Crippen molar-refractivity contribution >= 4 is 10.8 Å². The molecule has 31 heavy (non-hydrogen) atoms. The molecule has 0 aliphatic carbocycles. The molecule has 0 saturated carbocycles. The van der Waals surface area contributed by atoms with Crippen molar-refractivity contribution in [2.45, 2.75) is 26.2 Å². The third-order valence-electron chi connectivity index (χ3n) is 5.46. The van der Waals surface area contributed by atoms with Crippen LogP contribution in [0.1, 0.15) is 30.0 Å². The van der Waals surface area contributed by atoms with E-state index >= 15 is 4.39 Å². The zero-order valence-corrected chi connectivity index (χ0v) is 17.6. The highest BCUT2D eigenvalue weighted by atomic mass is 19.1. The minimum Gasteiger partial charge on any atom is -0.494 e. The van der Waals surface area contributed by atoms with Crippen LogP contribution in [0.3, 0.4) is 0 Å². The molecular weight excluding hydrogens is 385 g/mol. The van der Waals surface area contributed by atoms with Crippen LogP contribution < -0.4 is 4.74 Å². The van der Waals surface area contributed by atoms with E-state index in [2.05, 4.69) is 13.0 Å². The summed E-state index contributed by atoms with van der Waals surface area (Å²) in [6.07, 6.45) is 2.33. The maximum absolute atomic E-state index is 15.1. The molecule has 4 aromatic rings. The highest BCUT2D eigenvalue weighted by Crippen LogP contribution is 2.29. The Balaban J connectivity index is 1.52. The molecule has 0 aliphatic rings. The Morgan fingerprint density at radius 1 is 0.839 bits per heavy atom. The largest absolute Gasteiger partial charge is 0.494 e. The Kier molecular flexibility index (Phi) is 6.29. The van der Waals surface area contributed by atoms with E-state index in [9.17, 15) is 0 Å². The Bertz CT molecular complexity index is 1220. The van der Waals surface area contributed by atoms with Crippen LogP contribution in [0, 0.1) is 17.1 Å². The van der Waals surface area contributed by atoms with E-state index in [0.29, 0.717) is 29.5 Å². The summed E-state index contributed by atoms with van der Waals surface area (Å²) in [6, 6.07) is 27.4. The standard InChI is InChI=1S/C28H24FNO/c1-2-17-31-26-14-11-22(12-15-26)24-13-16-27-25(18-24)10-9-23(28(27)29)8-7-20-3-5-21(19-30)6-4-20/h3-6,9-16,18H,2,7-8,17H2,1H3. The van der Waals surface area contributed by atoms with Crippen LogP contribution >= 0.6 is 0 Å². The fourth-order valence-corrected chi connectivity index (χ4v) is 3.70. The third kappa shape index (κ3) is 4.75. The highest BCUT2D eigenvalue weighted by Gasteiger charge is 2.09. The summed E-state index contributed by atoms with van der Waals surface area (Å²) in [4.78, 5) is 0. The fraction of sp³-hybridized carbons (Fsp3) is 0.179. The summed E-state index contributed by atoms with van der Waals surface area (Å²) in [5.74, 6) is 0.713. The van der Waals surface area contributed by atoms with Gasteiger partial charge in [-0.25, -0.2) is 4.39 Å². The lowest BCUT2D eigenvalue weighted by atomic mass is 9.97. The molecule has 0 heterocycles. The Morgan fingerprint density at radius 2 is 1.58 bits per heavy atom. The van der Waals surface area contributed by atoms with Crippen molar-refractivity contribution in [1.29, 1.82) is 5.26 Å². The molecule has 0 amide bonds. The first-order valence-electron chi connectivity index (χ1n) is 10.6. The number of fused-ring (bicyclic) bond motifs is 1. The number of hydrogen-bond donors (Lipinski definition) is 0. The Morgan fingerprint density at radius 3 is 2.29 bits per heavy atom. The molecular formula is C28H24FNO. The molecule has 3 heteroatoms. The second-order valence-corrected chi connectivity index (χ2v) is 7.66. The van der Waals surface area contributed by atoms with Gasteiger partial charge in [0.15, 0.2) is 0 Å². The monoisotopic (exact) mass is 409 g/mol. The van der Waals surface area contributed by atoms with Crippen LogP contribution in [-0.2, 0) is 12.8 Å². The first-order valence-corrected chi connectivity index (χ1v) is 10.6. The van der Waals surface area contributed by atoms with Gasteiger partial charge in [-0.2, -0.15) is 5.26 Å². The van der Waals surface area contributed by atoms with Gasteiger partial charge in [0, 0.05) is 5.39 Å². The molecule has 0 atom stereocenters. The molecule has 0 unspecified atom stereocenters. The minimum absolute atomic E-state index is 0.152. The zero-order chi connectivity index (χ0) is 21.6. The van der Waals surface area contributed by atoms with Gasteiger partial charge in [-0.15, -0.1) is 0 Å². The smallest absolute Gasteiger partial charge is 0.134 e. The van der Waals surface area contributed by atoms with Crippen molar-refractivity contribution in [1.82, 2.24) is 0 Å². The molecule has 0 fully saturated rings. The Hall–Kier alpha value is -3.64. The summed E-state index contributed by atoms with van der Waals surface area (Å²) in [5.41, 5.74) is 4.58. The molecule has 0 saturated heterocycles. The van der Waals surface area contributed by atoms with Crippen molar-refractivity contribution in [3.63, 3.8) is 0 Å². The second kappa shape index (κ2) is 9.45. The van der Waals surface area contributed by atoms with Gasteiger partial charge in [0.2, 0.25) is 0 Å². The molecule has 0 N–H and O–H groups in total. The average Bonchev–Trinajstić information content (AvgIpc) is 2.83. The van der Waals surface area contributed by atoms with Crippen LogP contribution in [-0.4, -0.2) is 6.61 Å². The Labute approximate surface area is 182 Å². The van der Waals surface area contributed by atoms with Gasteiger partial charge in [0.25, 0.3) is 0 Å². The predicted octanol–water partition coefficient (Wildman–Crippen LogP) is 7.09. The van der Waals surface area contributed by atoms with Gasteiger partial charge in [-0.3, -0.25) is 0 Å². The van der Waals surface area contributed by atoms with Crippen molar-refractivity contribution in [3.8, 4) is 22.9 Å². The molecule has 0 radical (unpaired) electrons. The predicted molar refractivity (Wildman–Crippen MR) is 124 cm³/mol. The van der Waals surface area contributed by atoms with Crippen LogP contribution in [0.4, 0.5) is 4.39 Å². The summed E-state index contributed by atoms with van der Waals surface area (Å²) in [6.45, 7) is 2.79. The average molecular weight is 410 g/mol. The van der Waals surface area contributed by atoms with E-state index in [1.807, 2.05) is 66.7 Å². The summed E-state index contributed by atoms with van der Waals surface area (Å²) < 4.78 is 20.8. The molecule has 0 spiro atoms. The molecule has 4 rings (SSSR count). The molecule has 154 valence electrons.